The number of hydrogen-bond donors (Lipinski definition) is 2. The summed E-state index contributed by atoms with van der Waals surface area (Å²) in [7, 11) is 0. The Morgan fingerprint density at radius 2 is 2.36 bits per heavy atom. The van der Waals surface area contributed by atoms with Crippen molar-refractivity contribution in [3.05, 3.63) is 23.8 Å². The zero-order valence-corrected chi connectivity index (χ0v) is 5.91. The minimum absolute atomic E-state index is 0.549. The molecule has 4 nitrogen and oxygen atoms in total. The molecule has 0 spiro atoms. The fourth-order valence-corrected chi connectivity index (χ4v) is 1.07. The van der Waals surface area contributed by atoms with E-state index < -0.39 is 0 Å². The van der Waals surface area contributed by atoms with Crippen molar-refractivity contribution in [2.24, 2.45) is 0 Å². The molecule has 11 heavy (non-hydrogen) atoms. The summed E-state index contributed by atoms with van der Waals surface area (Å²) in [5.41, 5.74) is 7.51. The first-order chi connectivity index (χ1) is 5.38. The third-order valence-corrected chi connectivity index (χ3v) is 1.63. The van der Waals surface area contributed by atoms with Crippen LogP contribution in [0.4, 0.5) is 5.82 Å². The van der Waals surface area contributed by atoms with Gasteiger partial charge < -0.3 is 11.1 Å². The molecule has 0 unspecified atom stereocenters. The Morgan fingerprint density at radius 3 is 3.18 bits per heavy atom. The number of nitrogens with zero attached hydrogens (tertiary/aromatic N) is 2. The maximum atomic E-state index is 5.61. The molecule has 1 aromatic rings. The summed E-state index contributed by atoms with van der Waals surface area (Å²) in [6.07, 6.45) is 5.21. The summed E-state index contributed by atoms with van der Waals surface area (Å²) >= 11 is 0. The van der Waals surface area contributed by atoms with E-state index in [1.54, 1.807) is 0 Å². The average molecular weight is 148 g/mol. The van der Waals surface area contributed by atoms with E-state index in [-0.39, 0.29) is 0 Å². The zero-order chi connectivity index (χ0) is 7.68. The molecule has 0 radical (unpaired) electrons. The van der Waals surface area contributed by atoms with E-state index in [0.29, 0.717) is 5.82 Å². The number of aromatic nitrogens is 2. The summed E-state index contributed by atoms with van der Waals surface area (Å²) in [5.74, 6) is 0.549. The van der Waals surface area contributed by atoms with Crippen LogP contribution in [-0.2, 0) is 6.54 Å². The molecule has 0 bridgehead atoms. The quantitative estimate of drug-likeness (QED) is 0.549. The van der Waals surface area contributed by atoms with Crippen LogP contribution in [0.15, 0.2) is 12.5 Å². The van der Waals surface area contributed by atoms with E-state index >= 15 is 0 Å². The van der Waals surface area contributed by atoms with Gasteiger partial charge in [0.25, 0.3) is 0 Å². The van der Waals surface area contributed by atoms with E-state index in [0.717, 1.165) is 17.8 Å². The van der Waals surface area contributed by atoms with Crippen molar-refractivity contribution in [1.82, 2.24) is 15.3 Å². The normalized spacial score (nSPS) is 13.8. The molecule has 2 heterocycles. The van der Waals surface area contributed by atoms with Gasteiger partial charge in [0.15, 0.2) is 0 Å². The van der Waals surface area contributed by atoms with Crippen LogP contribution in [0.1, 0.15) is 11.3 Å². The first-order valence-corrected chi connectivity index (χ1v) is 3.37. The number of fused-ring (bicyclic) bond motifs is 1. The monoisotopic (exact) mass is 148 g/mol. The van der Waals surface area contributed by atoms with E-state index in [1.807, 2.05) is 12.3 Å². The lowest BCUT2D eigenvalue weighted by Gasteiger charge is -2.10. The first kappa shape index (κ1) is 6.15. The van der Waals surface area contributed by atoms with Gasteiger partial charge in [0.1, 0.15) is 12.1 Å². The Morgan fingerprint density at radius 1 is 1.45 bits per heavy atom. The SMILES string of the molecule is Nc1ncnc2c1C=CNC2. The smallest absolute Gasteiger partial charge is 0.134 e. The lowest BCUT2D eigenvalue weighted by Crippen LogP contribution is -2.14. The highest BCUT2D eigenvalue weighted by molar-refractivity contribution is 5.63. The largest absolute Gasteiger partial charge is 0.385 e. The molecule has 1 aromatic heterocycles. The summed E-state index contributed by atoms with van der Waals surface area (Å²) < 4.78 is 0. The minimum Gasteiger partial charge on any atom is -0.385 e. The van der Waals surface area contributed by atoms with Gasteiger partial charge in [-0.25, -0.2) is 9.97 Å². The van der Waals surface area contributed by atoms with Gasteiger partial charge in [-0.2, -0.15) is 0 Å². The molecule has 0 amide bonds. The maximum absolute atomic E-state index is 5.61. The lowest BCUT2D eigenvalue weighted by atomic mass is 10.1. The third kappa shape index (κ3) is 0.920. The average Bonchev–Trinajstić information content (AvgIpc) is 2.06. The Bertz CT molecular complexity index is 305. The summed E-state index contributed by atoms with van der Waals surface area (Å²) in [4.78, 5) is 7.96. The van der Waals surface area contributed by atoms with E-state index in [2.05, 4.69) is 15.3 Å². The fourth-order valence-electron chi connectivity index (χ4n) is 1.07. The minimum atomic E-state index is 0.549. The van der Waals surface area contributed by atoms with Crippen LogP contribution in [0.3, 0.4) is 0 Å². The highest BCUT2D eigenvalue weighted by atomic mass is 15.0. The molecule has 4 heteroatoms. The summed E-state index contributed by atoms with van der Waals surface area (Å²) in [6.45, 7) is 0.735. The van der Waals surface area contributed by atoms with Crippen LogP contribution in [-0.4, -0.2) is 9.97 Å². The number of hydrogen-bond acceptors (Lipinski definition) is 4. The third-order valence-electron chi connectivity index (χ3n) is 1.63. The summed E-state index contributed by atoms with van der Waals surface area (Å²) in [5, 5.41) is 3.04. The van der Waals surface area contributed by atoms with E-state index in [4.69, 9.17) is 5.73 Å². The molecule has 56 valence electrons. The van der Waals surface area contributed by atoms with Crippen molar-refractivity contribution in [1.29, 1.82) is 0 Å². The molecular formula is C7H8N4. The second-order valence-corrected chi connectivity index (χ2v) is 2.33. The van der Waals surface area contributed by atoms with Gasteiger partial charge >= 0.3 is 0 Å². The van der Waals surface area contributed by atoms with Crippen LogP contribution < -0.4 is 11.1 Å². The molecule has 0 saturated carbocycles. The Hall–Kier alpha value is -1.58. The van der Waals surface area contributed by atoms with Crippen molar-refractivity contribution < 1.29 is 0 Å². The van der Waals surface area contributed by atoms with Crippen LogP contribution in [0, 0.1) is 0 Å². The molecule has 2 rings (SSSR count). The van der Waals surface area contributed by atoms with E-state index in [9.17, 15) is 0 Å². The van der Waals surface area contributed by atoms with Gasteiger partial charge in [-0.1, -0.05) is 0 Å². The molecule has 0 atom stereocenters. The molecule has 1 aliphatic heterocycles. The van der Waals surface area contributed by atoms with Gasteiger partial charge in [0.2, 0.25) is 0 Å². The highest BCUT2D eigenvalue weighted by Gasteiger charge is 2.07. The molecule has 3 N–H and O–H groups in total. The predicted molar refractivity (Wildman–Crippen MR) is 42.3 cm³/mol. The second-order valence-electron chi connectivity index (χ2n) is 2.33. The fraction of sp³-hybridized carbons (Fsp3) is 0.143. The number of rotatable bonds is 0. The van der Waals surface area contributed by atoms with Crippen molar-refractivity contribution in [3.8, 4) is 0 Å². The first-order valence-electron chi connectivity index (χ1n) is 3.37. The molecule has 1 aliphatic rings. The predicted octanol–water partition coefficient (Wildman–Crippen LogP) is 0.133. The van der Waals surface area contributed by atoms with Gasteiger partial charge in [-0.15, -0.1) is 0 Å². The molecule has 0 aliphatic carbocycles. The van der Waals surface area contributed by atoms with Crippen molar-refractivity contribution >= 4 is 11.9 Å². The number of nitrogens with two attached hydrogens (primary N) is 1. The van der Waals surface area contributed by atoms with Crippen molar-refractivity contribution in [2.75, 3.05) is 5.73 Å². The number of nitrogens with one attached hydrogen (secondary N) is 1. The van der Waals surface area contributed by atoms with Gasteiger partial charge in [0, 0.05) is 5.56 Å². The van der Waals surface area contributed by atoms with Crippen molar-refractivity contribution in [3.63, 3.8) is 0 Å². The standard InChI is InChI=1S/C7H8N4/c8-7-5-1-2-9-3-6(5)10-4-11-7/h1-2,4,9H,3H2,(H2,8,10,11). The lowest BCUT2D eigenvalue weighted by molar-refractivity contribution is 0.816. The molecule has 0 aromatic carbocycles. The second kappa shape index (κ2) is 2.23. The number of anilines is 1. The molecular weight excluding hydrogens is 140 g/mol. The topological polar surface area (TPSA) is 63.8 Å². The number of nitrogen functional groups attached to an aromatic ring is 1. The Labute approximate surface area is 64.2 Å². The maximum Gasteiger partial charge on any atom is 0.134 e. The van der Waals surface area contributed by atoms with Crippen molar-refractivity contribution in [2.45, 2.75) is 6.54 Å². The highest BCUT2D eigenvalue weighted by Crippen LogP contribution is 2.15. The van der Waals surface area contributed by atoms with Crippen LogP contribution in [0.5, 0.6) is 0 Å². The Kier molecular flexibility index (Phi) is 1.25. The van der Waals surface area contributed by atoms with E-state index in [1.165, 1.54) is 6.33 Å². The van der Waals surface area contributed by atoms with Crippen LogP contribution in [0.25, 0.3) is 6.08 Å². The molecule has 0 saturated heterocycles. The van der Waals surface area contributed by atoms with Gasteiger partial charge in [-0.3, -0.25) is 0 Å². The zero-order valence-electron chi connectivity index (χ0n) is 5.91. The van der Waals surface area contributed by atoms with Crippen LogP contribution in [0.2, 0.25) is 0 Å². The summed E-state index contributed by atoms with van der Waals surface area (Å²) in [6, 6.07) is 0. The van der Waals surface area contributed by atoms with Gasteiger partial charge in [-0.05, 0) is 12.3 Å². The molecule has 0 fully saturated rings. The van der Waals surface area contributed by atoms with Crippen LogP contribution >= 0.6 is 0 Å². The Balaban J connectivity index is 2.60. The van der Waals surface area contributed by atoms with Gasteiger partial charge in [0.05, 0.1) is 12.2 Å².